The summed E-state index contributed by atoms with van der Waals surface area (Å²) < 4.78 is 1.76. The molecule has 1 heterocycles. The first-order valence-electron chi connectivity index (χ1n) is 6.39. The largest absolute Gasteiger partial charge is 0.476 e. The minimum absolute atomic E-state index is 0.118. The summed E-state index contributed by atoms with van der Waals surface area (Å²) in [5.41, 5.74) is 3.57. The Bertz CT molecular complexity index is 570. The highest BCUT2D eigenvalue weighted by Gasteiger charge is 2.09. The van der Waals surface area contributed by atoms with Crippen molar-refractivity contribution in [2.45, 2.75) is 33.2 Å². The van der Waals surface area contributed by atoms with Crippen LogP contribution in [0.4, 0.5) is 0 Å². The van der Waals surface area contributed by atoms with Gasteiger partial charge in [-0.1, -0.05) is 29.8 Å². The Morgan fingerprint density at radius 1 is 1.26 bits per heavy atom. The second-order valence-electron chi connectivity index (χ2n) is 4.79. The molecule has 19 heavy (non-hydrogen) atoms. The van der Waals surface area contributed by atoms with Gasteiger partial charge in [-0.2, -0.15) is 5.10 Å². The first-order valence-corrected chi connectivity index (χ1v) is 6.39. The highest BCUT2D eigenvalue weighted by Crippen LogP contribution is 2.08. The van der Waals surface area contributed by atoms with E-state index >= 15 is 0 Å². The fraction of sp³-hybridized carbons (Fsp3) is 0.333. The monoisotopic (exact) mass is 258 g/mol. The van der Waals surface area contributed by atoms with E-state index in [0.717, 1.165) is 25.1 Å². The third kappa shape index (κ3) is 3.44. The van der Waals surface area contributed by atoms with Gasteiger partial charge >= 0.3 is 5.97 Å². The number of carboxylic acids is 1. The molecule has 1 aromatic heterocycles. The highest BCUT2D eigenvalue weighted by molar-refractivity contribution is 5.85. The van der Waals surface area contributed by atoms with Gasteiger partial charge in [0.15, 0.2) is 5.69 Å². The minimum Gasteiger partial charge on any atom is -0.476 e. The molecule has 0 spiro atoms. The van der Waals surface area contributed by atoms with E-state index in [1.54, 1.807) is 10.7 Å². The smallest absolute Gasteiger partial charge is 0.356 e. The van der Waals surface area contributed by atoms with E-state index in [9.17, 15) is 4.79 Å². The summed E-state index contributed by atoms with van der Waals surface area (Å²) in [7, 11) is 0. The van der Waals surface area contributed by atoms with Crippen molar-refractivity contribution < 1.29 is 9.90 Å². The maximum absolute atomic E-state index is 10.8. The first kappa shape index (κ1) is 13.3. The SMILES string of the molecule is Cc1ccc(CCCn2nc(C(=O)O)cc2C)cc1. The molecule has 0 fully saturated rings. The van der Waals surface area contributed by atoms with Crippen molar-refractivity contribution in [2.24, 2.45) is 0 Å². The number of hydrogen-bond donors (Lipinski definition) is 1. The number of aromatic nitrogens is 2. The lowest BCUT2D eigenvalue weighted by Gasteiger charge is -2.05. The Morgan fingerprint density at radius 2 is 1.95 bits per heavy atom. The number of nitrogens with zero attached hydrogens (tertiary/aromatic N) is 2. The summed E-state index contributed by atoms with van der Waals surface area (Å²) in [6, 6.07) is 10.1. The predicted octanol–water partition coefficient (Wildman–Crippen LogP) is 2.83. The maximum atomic E-state index is 10.8. The number of benzene rings is 1. The lowest BCUT2D eigenvalue weighted by Crippen LogP contribution is -2.05. The molecule has 0 aliphatic rings. The summed E-state index contributed by atoms with van der Waals surface area (Å²) in [6.07, 6.45) is 1.92. The van der Waals surface area contributed by atoms with Crippen molar-refractivity contribution in [1.82, 2.24) is 9.78 Å². The third-order valence-corrected chi connectivity index (χ3v) is 3.16. The van der Waals surface area contributed by atoms with Crippen LogP contribution >= 0.6 is 0 Å². The number of aryl methyl sites for hydroxylation is 4. The second-order valence-corrected chi connectivity index (χ2v) is 4.79. The molecule has 0 amide bonds. The predicted molar refractivity (Wildman–Crippen MR) is 73.4 cm³/mol. The van der Waals surface area contributed by atoms with E-state index in [2.05, 4.69) is 36.3 Å². The van der Waals surface area contributed by atoms with Crippen LogP contribution in [-0.4, -0.2) is 20.9 Å². The van der Waals surface area contributed by atoms with Gasteiger partial charge in [-0.15, -0.1) is 0 Å². The van der Waals surface area contributed by atoms with Crippen LogP contribution in [0.1, 0.15) is 33.7 Å². The van der Waals surface area contributed by atoms with Crippen molar-refractivity contribution in [2.75, 3.05) is 0 Å². The molecule has 1 aromatic carbocycles. The fourth-order valence-electron chi connectivity index (χ4n) is 2.03. The normalized spacial score (nSPS) is 10.6. The standard InChI is InChI=1S/C15H18N2O2/c1-11-5-7-13(8-6-11)4-3-9-17-12(2)10-14(16-17)15(18)19/h5-8,10H,3-4,9H2,1-2H3,(H,18,19). The average molecular weight is 258 g/mol. The molecule has 2 aromatic rings. The fourth-order valence-corrected chi connectivity index (χ4v) is 2.03. The molecule has 4 nitrogen and oxygen atoms in total. The van der Waals surface area contributed by atoms with Gasteiger partial charge in [0.1, 0.15) is 0 Å². The zero-order valence-electron chi connectivity index (χ0n) is 11.3. The molecule has 1 N–H and O–H groups in total. The topological polar surface area (TPSA) is 55.1 Å². The minimum atomic E-state index is -0.972. The summed E-state index contributed by atoms with van der Waals surface area (Å²) >= 11 is 0. The van der Waals surface area contributed by atoms with Crippen LogP contribution in [-0.2, 0) is 13.0 Å². The van der Waals surface area contributed by atoms with E-state index in [1.807, 2.05) is 6.92 Å². The number of rotatable bonds is 5. The summed E-state index contributed by atoms with van der Waals surface area (Å²) in [6.45, 7) is 4.70. The van der Waals surface area contributed by atoms with Crippen molar-refractivity contribution >= 4 is 5.97 Å². The second kappa shape index (κ2) is 5.69. The molecule has 2 rings (SSSR count). The molecule has 0 saturated heterocycles. The molecule has 0 atom stereocenters. The van der Waals surface area contributed by atoms with Crippen LogP contribution in [0.25, 0.3) is 0 Å². The number of aromatic carboxylic acids is 1. The van der Waals surface area contributed by atoms with Gasteiger partial charge in [0.2, 0.25) is 0 Å². The van der Waals surface area contributed by atoms with Crippen molar-refractivity contribution in [1.29, 1.82) is 0 Å². The summed E-state index contributed by atoms with van der Waals surface area (Å²) in [5.74, 6) is -0.972. The van der Waals surface area contributed by atoms with Crippen LogP contribution in [0.2, 0.25) is 0 Å². The van der Waals surface area contributed by atoms with E-state index in [4.69, 9.17) is 5.11 Å². The molecule has 0 saturated carbocycles. The summed E-state index contributed by atoms with van der Waals surface area (Å²) in [5, 5.41) is 12.9. The third-order valence-electron chi connectivity index (χ3n) is 3.16. The molecule has 0 aliphatic heterocycles. The first-order chi connectivity index (χ1) is 9.06. The Morgan fingerprint density at radius 3 is 2.53 bits per heavy atom. The Kier molecular flexibility index (Phi) is 4.00. The van der Waals surface area contributed by atoms with Crippen molar-refractivity contribution in [3.05, 3.63) is 52.8 Å². The lowest BCUT2D eigenvalue weighted by molar-refractivity contribution is 0.0689. The molecular weight excluding hydrogens is 240 g/mol. The maximum Gasteiger partial charge on any atom is 0.356 e. The van der Waals surface area contributed by atoms with E-state index in [1.165, 1.54) is 11.1 Å². The zero-order valence-corrected chi connectivity index (χ0v) is 11.3. The zero-order chi connectivity index (χ0) is 13.8. The van der Waals surface area contributed by atoms with E-state index in [-0.39, 0.29) is 5.69 Å². The van der Waals surface area contributed by atoms with Crippen molar-refractivity contribution in [3.8, 4) is 0 Å². The lowest BCUT2D eigenvalue weighted by atomic mass is 10.1. The van der Waals surface area contributed by atoms with Gasteiger partial charge in [0.25, 0.3) is 0 Å². The Hall–Kier alpha value is -2.10. The van der Waals surface area contributed by atoms with Gasteiger partial charge in [-0.3, -0.25) is 4.68 Å². The Labute approximate surface area is 112 Å². The number of hydrogen-bond acceptors (Lipinski definition) is 2. The molecule has 4 heteroatoms. The van der Waals surface area contributed by atoms with Gasteiger partial charge in [0, 0.05) is 12.2 Å². The average Bonchev–Trinajstić information content (AvgIpc) is 2.74. The van der Waals surface area contributed by atoms with Crippen LogP contribution in [0.15, 0.2) is 30.3 Å². The molecule has 0 aliphatic carbocycles. The van der Waals surface area contributed by atoms with E-state index in [0.29, 0.717) is 0 Å². The number of carboxylic acid groups (broad SMARTS) is 1. The molecule has 0 radical (unpaired) electrons. The molecular formula is C15H18N2O2. The summed E-state index contributed by atoms with van der Waals surface area (Å²) in [4.78, 5) is 10.8. The van der Waals surface area contributed by atoms with E-state index < -0.39 is 5.97 Å². The highest BCUT2D eigenvalue weighted by atomic mass is 16.4. The van der Waals surface area contributed by atoms with Gasteiger partial charge < -0.3 is 5.11 Å². The van der Waals surface area contributed by atoms with Crippen LogP contribution in [0.5, 0.6) is 0 Å². The van der Waals surface area contributed by atoms with Gasteiger partial charge in [-0.05, 0) is 38.3 Å². The van der Waals surface area contributed by atoms with Crippen LogP contribution in [0, 0.1) is 13.8 Å². The quantitative estimate of drug-likeness (QED) is 0.897. The van der Waals surface area contributed by atoms with Gasteiger partial charge in [0.05, 0.1) is 0 Å². The van der Waals surface area contributed by atoms with Crippen LogP contribution < -0.4 is 0 Å². The number of carbonyl (C=O) groups is 1. The van der Waals surface area contributed by atoms with Gasteiger partial charge in [-0.25, -0.2) is 4.79 Å². The van der Waals surface area contributed by atoms with Crippen LogP contribution in [0.3, 0.4) is 0 Å². The molecule has 100 valence electrons. The molecule has 0 bridgehead atoms. The Balaban J connectivity index is 1.92. The molecule has 0 unspecified atom stereocenters. The van der Waals surface area contributed by atoms with Crippen molar-refractivity contribution in [3.63, 3.8) is 0 Å².